The minimum absolute atomic E-state index is 0.364. The number of rotatable bonds is 6. The van der Waals surface area contributed by atoms with E-state index in [0.29, 0.717) is 23.2 Å². The van der Waals surface area contributed by atoms with Crippen molar-refractivity contribution in [3.8, 4) is 11.1 Å². The van der Waals surface area contributed by atoms with Crippen LogP contribution in [0.2, 0.25) is 0 Å². The maximum Gasteiger partial charge on any atom is 0.298 e. The Morgan fingerprint density at radius 1 is 0.973 bits per heavy atom. The fourth-order valence-electron chi connectivity index (χ4n) is 4.86. The normalized spacial score (nSPS) is 14.0. The number of nitrogens with one attached hydrogen (secondary N) is 1. The van der Waals surface area contributed by atoms with Crippen LogP contribution in [-0.4, -0.2) is 39.3 Å². The van der Waals surface area contributed by atoms with Gasteiger partial charge in [0, 0.05) is 37.1 Å². The Hall–Kier alpha value is -4.33. The summed E-state index contributed by atoms with van der Waals surface area (Å²) in [6.07, 6.45) is 4.21. The lowest BCUT2D eigenvalue weighted by Gasteiger charge is -2.32. The predicted octanol–water partition coefficient (Wildman–Crippen LogP) is 5.14. The zero-order valence-electron chi connectivity index (χ0n) is 20.8. The molecule has 5 rings (SSSR count). The van der Waals surface area contributed by atoms with Crippen LogP contribution in [0.1, 0.15) is 40.5 Å². The Bertz CT molecular complexity index is 1410. The van der Waals surface area contributed by atoms with E-state index in [0.717, 1.165) is 42.8 Å². The first-order chi connectivity index (χ1) is 17.9. The minimum Gasteiger partial charge on any atom is -0.345 e. The lowest BCUT2D eigenvalue weighted by Crippen LogP contribution is -2.34. The van der Waals surface area contributed by atoms with Gasteiger partial charge >= 0.3 is 0 Å². The van der Waals surface area contributed by atoms with Crippen molar-refractivity contribution in [3.05, 3.63) is 95.8 Å². The van der Waals surface area contributed by atoms with Gasteiger partial charge in [0.15, 0.2) is 5.82 Å². The van der Waals surface area contributed by atoms with E-state index in [9.17, 15) is 14.0 Å². The van der Waals surface area contributed by atoms with Gasteiger partial charge in [-0.05, 0) is 55.0 Å². The summed E-state index contributed by atoms with van der Waals surface area (Å²) in [4.78, 5) is 36.3. The maximum atomic E-state index is 13.2. The van der Waals surface area contributed by atoms with Gasteiger partial charge in [-0.2, -0.15) is 0 Å². The molecule has 4 aromatic rings. The van der Waals surface area contributed by atoms with Crippen LogP contribution in [0.4, 0.5) is 16.0 Å². The van der Waals surface area contributed by atoms with Crippen LogP contribution in [0, 0.1) is 12.7 Å². The van der Waals surface area contributed by atoms with E-state index in [-0.39, 0.29) is 0 Å². The van der Waals surface area contributed by atoms with E-state index < -0.39 is 17.5 Å². The maximum absolute atomic E-state index is 13.2. The Kier molecular flexibility index (Phi) is 6.81. The molecule has 1 amide bonds. The van der Waals surface area contributed by atoms with Crippen molar-refractivity contribution in [2.45, 2.75) is 25.7 Å². The quantitative estimate of drug-likeness (QED) is 0.295. The molecule has 0 atom stereocenters. The molecule has 3 heterocycles. The molecule has 37 heavy (non-hydrogen) atoms. The first kappa shape index (κ1) is 24.4. The van der Waals surface area contributed by atoms with Crippen LogP contribution < -0.4 is 10.2 Å². The van der Waals surface area contributed by atoms with Gasteiger partial charge < -0.3 is 14.8 Å². The minimum atomic E-state index is -0.668. The highest BCUT2D eigenvalue weighted by atomic mass is 19.1. The molecule has 1 N–H and O–H groups in total. The molecule has 0 unspecified atom stereocenters. The Morgan fingerprint density at radius 3 is 2.27 bits per heavy atom. The van der Waals surface area contributed by atoms with Crippen molar-refractivity contribution < 1.29 is 14.0 Å². The molecule has 0 saturated carbocycles. The third-order valence-electron chi connectivity index (χ3n) is 7.00. The molecule has 2 aromatic heterocycles. The van der Waals surface area contributed by atoms with E-state index >= 15 is 0 Å². The molecule has 7 nitrogen and oxygen atoms in total. The Morgan fingerprint density at radius 2 is 1.62 bits per heavy atom. The summed E-state index contributed by atoms with van der Waals surface area (Å²) in [5, 5.41) is 2.76. The molecule has 2 aromatic carbocycles. The second-order valence-corrected chi connectivity index (χ2v) is 9.34. The molecule has 1 fully saturated rings. The van der Waals surface area contributed by atoms with Gasteiger partial charge in [0.25, 0.3) is 11.7 Å². The summed E-state index contributed by atoms with van der Waals surface area (Å²) >= 11 is 0. The summed E-state index contributed by atoms with van der Waals surface area (Å²) in [6, 6.07) is 19.2. The van der Waals surface area contributed by atoms with Crippen LogP contribution in [0.15, 0.2) is 73.1 Å². The van der Waals surface area contributed by atoms with Crippen molar-refractivity contribution in [1.29, 1.82) is 0 Å². The highest BCUT2D eigenvalue weighted by Gasteiger charge is 2.26. The van der Waals surface area contributed by atoms with Gasteiger partial charge in [0.2, 0.25) is 5.95 Å². The molecule has 1 aliphatic rings. The molecule has 1 aliphatic heterocycles. The van der Waals surface area contributed by atoms with Gasteiger partial charge in [0.05, 0.1) is 12.4 Å². The smallest absolute Gasteiger partial charge is 0.298 e. The van der Waals surface area contributed by atoms with Gasteiger partial charge in [-0.1, -0.05) is 42.5 Å². The number of aromatic nitrogens is 3. The van der Waals surface area contributed by atoms with E-state index in [1.54, 1.807) is 11.6 Å². The fourth-order valence-corrected chi connectivity index (χ4v) is 4.86. The number of anilines is 2. The van der Waals surface area contributed by atoms with Crippen molar-refractivity contribution in [2.75, 3.05) is 23.3 Å². The second-order valence-electron chi connectivity index (χ2n) is 9.34. The second kappa shape index (κ2) is 10.3. The summed E-state index contributed by atoms with van der Waals surface area (Å²) in [7, 11) is 1.80. The van der Waals surface area contributed by atoms with Gasteiger partial charge in [0.1, 0.15) is 5.69 Å². The number of amides is 1. The molecule has 0 aliphatic carbocycles. The number of piperidine rings is 1. The Labute approximate surface area is 215 Å². The van der Waals surface area contributed by atoms with E-state index in [1.165, 1.54) is 18.0 Å². The third-order valence-corrected chi connectivity index (χ3v) is 7.00. The van der Waals surface area contributed by atoms with Gasteiger partial charge in [-0.3, -0.25) is 9.59 Å². The monoisotopic (exact) mass is 497 g/mol. The lowest BCUT2D eigenvalue weighted by molar-refractivity contribution is -0.112. The summed E-state index contributed by atoms with van der Waals surface area (Å²) in [5.41, 5.74) is 4.66. The van der Waals surface area contributed by atoms with Crippen LogP contribution in [0.3, 0.4) is 0 Å². The number of hydrogen-bond donors (Lipinski definition) is 1. The number of Topliss-reactive ketones (excluding diaryl/α,β-unsaturated/α-hetero) is 1. The predicted molar refractivity (Wildman–Crippen MR) is 141 cm³/mol. The molecule has 0 bridgehead atoms. The summed E-state index contributed by atoms with van der Waals surface area (Å²) < 4.78 is 14.9. The largest absolute Gasteiger partial charge is 0.345 e. The molecular weight excluding hydrogens is 469 g/mol. The molecule has 0 spiro atoms. The highest BCUT2D eigenvalue weighted by Crippen LogP contribution is 2.31. The molecular formula is C29H28FN5O2. The van der Waals surface area contributed by atoms with Crippen LogP contribution in [0.25, 0.3) is 11.1 Å². The van der Waals surface area contributed by atoms with Crippen molar-refractivity contribution >= 4 is 23.3 Å². The number of nitrogens with zero attached hydrogens (tertiary/aromatic N) is 4. The van der Waals surface area contributed by atoms with Crippen molar-refractivity contribution in [3.63, 3.8) is 0 Å². The summed E-state index contributed by atoms with van der Waals surface area (Å²) in [5.74, 6) is -0.773. The van der Waals surface area contributed by atoms with Crippen LogP contribution in [0.5, 0.6) is 0 Å². The van der Waals surface area contributed by atoms with Crippen molar-refractivity contribution in [2.24, 2.45) is 7.05 Å². The van der Waals surface area contributed by atoms with E-state index in [2.05, 4.69) is 20.2 Å². The van der Waals surface area contributed by atoms with Crippen molar-refractivity contribution in [1.82, 2.24) is 14.5 Å². The fraction of sp³-hybridized carbons (Fsp3) is 0.241. The number of carbonyl (C=O) groups excluding carboxylic acids is 2. The van der Waals surface area contributed by atoms with E-state index in [4.69, 9.17) is 0 Å². The SMILES string of the molecule is Cc1cc(-c2ccccc2)c(C(=O)C(=O)Nc2ccc(C3CCN(c4ncc(F)cn4)CC3)cc2)n1C. The molecule has 0 radical (unpaired) electrons. The standard InChI is InChI=1S/C29H28FN5O2/c1-19-16-25(22-6-4-3-5-7-22)26(34(19)2)27(36)28(37)33-24-10-8-20(9-11-24)21-12-14-35(15-13-21)29-31-17-23(30)18-32-29/h3-11,16-18,21H,12-15H2,1-2H3,(H,33,37). The number of hydrogen-bond acceptors (Lipinski definition) is 5. The molecule has 1 saturated heterocycles. The average Bonchev–Trinajstić information content (AvgIpc) is 3.23. The van der Waals surface area contributed by atoms with Gasteiger partial charge in [-0.25, -0.2) is 14.4 Å². The first-order valence-corrected chi connectivity index (χ1v) is 12.3. The number of aryl methyl sites for hydroxylation is 1. The number of ketones is 1. The van der Waals surface area contributed by atoms with Gasteiger partial charge in [-0.15, -0.1) is 0 Å². The van der Waals surface area contributed by atoms with E-state index in [1.807, 2.05) is 67.6 Å². The number of benzene rings is 2. The first-order valence-electron chi connectivity index (χ1n) is 12.3. The van der Waals surface area contributed by atoms with Crippen LogP contribution in [-0.2, 0) is 11.8 Å². The lowest BCUT2D eigenvalue weighted by atomic mass is 9.89. The average molecular weight is 498 g/mol. The number of carbonyl (C=O) groups is 2. The highest BCUT2D eigenvalue weighted by molar-refractivity contribution is 6.47. The zero-order chi connectivity index (χ0) is 25.9. The molecule has 188 valence electrons. The summed E-state index contributed by atoms with van der Waals surface area (Å²) in [6.45, 7) is 3.48. The third kappa shape index (κ3) is 5.14. The molecule has 8 heteroatoms. The Balaban J connectivity index is 1.23. The number of halogens is 1. The topological polar surface area (TPSA) is 80.1 Å². The zero-order valence-corrected chi connectivity index (χ0v) is 20.8. The van der Waals surface area contributed by atoms with Crippen LogP contribution >= 0.6 is 0 Å².